The van der Waals surface area contributed by atoms with E-state index in [0.29, 0.717) is 21.9 Å². The topological polar surface area (TPSA) is 88.2 Å². The Morgan fingerprint density at radius 3 is 2.41 bits per heavy atom. The molecule has 8 heteroatoms. The van der Waals surface area contributed by atoms with Crippen LogP contribution in [0, 0.1) is 6.92 Å². The number of carbonyl (C=O) groups excluding carboxylic acids is 1. The molecular formula is C21H17N3O3S2. The van der Waals surface area contributed by atoms with Gasteiger partial charge in [-0.05, 0) is 49.4 Å². The fourth-order valence-corrected chi connectivity index (χ4v) is 4.70. The number of benzene rings is 3. The van der Waals surface area contributed by atoms with E-state index in [4.69, 9.17) is 0 Å². The second kappa shape index (κ2) is 7.65. The zero-order valence-corrected chi connectivity index (χ0v) is 17.0. The molecular weight excluding hydrogens is 406 g/mol. The number of sulfonamides is 1. The Hall–Kier alpha value is -3.23. The molecule has 29 heavy (non-hydrogen) atoms. The molecule has 0 radical (unpaired) electrons. The Balaban J connectivity index is 1.55. The monoisotopic (exact) mass is 423 g/mol. The highest BCUT2D eigenvalue weighted by molar-refractivity contribution is 7.92. The first-order valence-corrected chi connectivity index (χ1v) is 11.1. The molecule has 4 rings (SSSR count). The summed E-state index contributed by atoms with van der Waals surface area (Å²) in [5, 5.41) is 3.24. The Bertz CT molecular complexity index is 1280. The molecule has 0 bridgehead atoms. The Kier molecular flexibility index (Phi) is 5.04. The van der Waals surface area contributed by atoms with Crippen LogP contribution in [0.2, 0.25) is 0 Å². The van der Waals surface area contributed by atoms with E-state index in [1.54, 1.807) is 48.5 Å². The summed E-state index contributed by atoms with van der Waals surface area (Å²) in [6.45, 7) is 1.96. The summed E-state index contributed by atoms with van der Waals surface area (Å²) in [7, 11) is -3.67. The fourth-order valence-electron chi connectivity index (χ4n) is 2.73. The van der Waals surface area contributed by atoms with Crippen molar-refractivity contribution in [2.24, 2.45) is 0 Å². The van der Waals surface area contributed by atoms with Crippen LogP contribution < -0.4 is 10.0 Å². The number of hydrogen-bond donors (Lipinski definition) is 2. The molecule has 3 aromatic carbocycles. The van der Waals surface area contributed by atoms with Crippen molar-refractivity contribution in [2.75, 3.05) is 10.0 Å². The maximum Gasteiger partial charge on any atom is 0.261 e. The van der Waals surface area contributed by atoms with E-state index in [0.717, 1.165) is 10.3 Å². The normalized spacial score (nSPS) is 11.3. The zero-order valence-electron chi connectivity index (χ0n) is 15.4. The Labute approximate surface area is 172 Å². The summed E-state index contributed by atoms with van der Waals surface area (Å²) in [5.74, 6) is -0.242. The van der Waals surface area contributed by atoms with Crippen LogP contribution in [-0.2, 0) is 10.0 Å². The molecule has 0 saturated heterocycles. The predicted octanol–water partition coefficient (Wildman–Crippen LogP) is 4.66. The fraction of sp³-hybridized carbons (Fsp3) is 0.0476. The van der Waals surface area contributed by atoms with E-state index in [1.807, 2.05) is 19.1 Å². The molecule has 0 fully saturated rings. The number of aromatic nitrogens is 1. The van der Waals surface area contributed by atoms with Crippen molar-refractivity contribution in [3.63, 3.8) is 0 Å². The number of hydrogen-bond acceptors (Lipinski definition) is 5. The summed E-state index contributed by atoms with van der Waals surface area (Å²) in [6.07, 6.45) is 0. The van der Waals surface area contributed by atoms with Crippen LogP contribution in [0.5, 0.6) is 0 Å². The van der Waals surface area contributed by atoms with E-state index in [1.165, 1.54) is 23.5 Å². The van der Waals surface area contributed by atoms with Gasteiger partial charge >= 0.3 is 0 Å². The van der Waals surface area contributed by atoms with Crippen molar-refractivity contribution in [3.05, 3.63) is 83.9 Å². The van der Waals surface area contributed by atoms with Gasteiger partial charge in [0.1, 0.15) is 0 Å². The number of amides is 1. The van der Waals surface area contributed by atoms with E-state index in [2.05, 4.69) is 15.0 Å². The van der Waals surface area contributed by atoms with Crippen molar-refractivity contribution >= 4 is 48.3 Å². The van der Waals surface area contributed by atoms with E-state index in [9.17, 15) is 13.2 Å². The van der Waals surface area contributed by atoms with Gasteiger partial charge in [0.2, 0.25) is 0 Å². The van der Waals surface area contributed by atoms with Gasteiger partial charge in [0, 0.05) is 5.56 Å². The number of aryl methyl sites for hydroxylation is 1. The van der Waals surface area contributed by atoms with Crippen molar-refractivity contribution in [1.82, 2.24) is 4.98 Å². The minimum Gasteiger partial charge on any atom is -0.298 e. The third-order valence-electron chi connectivity index (χ3n) is 4.23. The van der Waals surface area contributed by atoms with Crippen molar-refractivity contribution in [1.29, 1.82) is 0 Å². The lowest BCUT2D eigenvalue weighted by atomic mass is 10.1. The third-order valence-corrected chi connectivity index (χ3v) is 6.56. The summed E-state index contributed by atoms with van der Waals surface area (Å²) in [4.78, 5) is 17.0. The first-order chi connectivity index (χ1) is 13.9. The number of nitrogens with zero attached hydrogens (tertiary/aromatic N) is 1. The highest BCUT2D eigenvalue weighted by Gasteiger charge is 2.15. The highest BCUT2D eigenvalue weighted by Crippen LogP contribution is 2.29. The molecule has 0 aliphatic heterocycles. The number of thiazole rings is 1. The average molecular weight is 424 g/mol. The summed E-state index contributed by atoms with van der Waals surface area (Å²) in [6, 6.07) is 20.5. The highest BCUT2D eigenvalue weighted by atomic mass is 32.2. The first-order valence-electron chi connectivity index (χ1n) is 8.77. The molecule has 1 heterocycles. The smallest absolute Gasteiger partial charge is 0.261 e. The zero-order chi connectivity index (χ0) is 20.4. The van der Waals surface area contributed by atoms with Gasteiger partial charge in [-0.2, -0.15) is 0 Å². The molecule has 0 aliphatic rings. The second-order valence-electron chi connectivity index (χ2n) is 6.44. The van der Waals surface area contributed by atoms with Gasteiger partial charge in [0.15, 0.2) is 5.13 Å². The number of rotatable bonds is 5. The van der Waals surface area contributed by atoms with Crippen LogP contribution in [0.1, 0.15) is 15.9 Å². The van der Waals surface area contributed by atoms with E-state index >= 15 is 0 Å². The van der Waals surface area contributed by atoms with Gasteiger partial charge in [-0.15, -0.1) is 0 Å². The molecule has 6 nitrogen and oxygen atoms in total. The predicted molar refractivity (Wildman–Crippen MR) is 116 cm³/mol. The van der Waals surface area contributed by atoms with Crippen molar-refractivity contribution in [2.45, 2.75) is 11.8 Å². The molecule has 1 aromatic heterocycles. The molecule has 146 valence electrons. The molecule has 1 amide bonds. The van der Waals surface area contributed by atoms with Crippen LogP contribution in [0.25, 0.3) is 10.2 Å². The van der Waals surface area contributed by atoms with Crippen LogP contribution in [0.3, 0.4) is 0 Å². The van der Waals surface area contributed by atoms with Gasteiger partial charge in [-0.1, -0.05) is 47.2 Å². The van der Waals surface area contributed by atoms with Gasteiger partial charge in [-0.3, -0.25) is 14.8 Å². The Morgan fingerprint density at radius 1 is 0.966 bits per heavy atom. The second-order valence-corrected chi connectivity index (χ2v) is 9.15. The van der Waals surface area contributed by atoms with Crippen LogP contribution in [0.4, 0.5) is 10.8 Å². The third kappa shape index (κ3) is 4.28. The molecule has 0 saturated carbocycles. The number of fused-ring (bicyclic) bond motifs is 1. The first kappa shape index (κ1) is 19.1. The lowest BCUT2D eigenvalue weighted by Crippen LogP contribution is -2.12. The number of nitrogens with one attached hydrogen (secondary N) is 2. The Morgan fingerprint density at radius 2 is 1.69 bits per heavy atom. The lowest BCUT2D eigenvalue weighted by Gasteiger charge is -2.07. The van der Waals surface area contributed by atoms with Gasteiger partial charge in [-0.25, -0.2) is 13.4 Å². The van der Waals surface area contributed by atoms with Crippen LogP contribution >= 0.6 is 11.3 Å². The van der Waals surface area contributed by atoms with E-state index < -0.39 is 10.0 Å². The molecule has 0 aliphatic carbocycles. The van der Waals surface area contributed by atoms with Gasteiger partial charge in [0.05, 0.1) is 20.8 Å². The standard InChI is InChI=1S/C21H17N3O3S2/c1-14-7-9-15(10-8-14)20(25)23-21-22-18-12-11-16(13-19(18)28-21)24-29(26,27)17-5-3-2-4-6-17/h2-13,24H,1H3,(H,22,23,25). The molecule has 0 atom stereocenters. The van der Waals surface area contributed by atoms with E-state index in [-0.39, 0.29) is 10.8 Å². The largest absolute Gasteiger partial charge is 0.298 e. The molecule has 4 aromatic rings. The van der Waals surface area contributed by atoms with Crippen LogP contribution in [-0.4, -0.2) is 19.3 Å². The van der Waals surface area contributed by atoms with Gasteiger partial charge < -0.3 is 0 Å². The molecule has 2 N–H and O–H groups in total. The minimum absolute atomic E-state index is 0.190. The summed E-state index contributed by atoms with van der Waals surface area (Å²) >= 11 is 1.28. The van der Waals surface area contributed by atoms with Crippen molar-refractivity contribution in [3.8, 4) is 0 Å². The molecule has 0 spiro atoms. The molecule has 0 unspecified atom stereocenters. The maximum absolute atomic E-state index is 12.5. The number of anilines is 2. The van der Waals surface area contributed by atoms with Crippen molar-refractivity contribution < 1.29 is 13.2 Å². The SMILES string of the molecule is Cc1ccc(C(=O)Nc2nc3ccc(NS(=O)(=O)c4ccccc4)cc3s2)cc1. The number of carbonyl (C=O) groups is 1. The quantitative estimate of drug-likeness (QED) is 0.489. The van der Waals surface area contributed by atoms with Crippen LogP contribution in [0.15, 0.2) is 77.7 Å². The maximum atomic E-state index is 12.5. The average Bonchev–Trinajstić information content (AvgIpc) is 3.10. The summed E-state index contributed by atoms with van der Waals surface area (Å²) in [5.41, 5.74) is 2.73. The lowest BCUT2D eigenvalue weighted by molar-refractivity contribution is 0.102. The minimum atomic E-state index is -3.67. The van der Waals surface area contributed by atoms with Gasteiger partial charge in [0.25, 0.3) is 15.9 Å². The summed E-state index contributed by atoms with van der Waals surface area (Å²) < 4.78 is 28.3.